The zero-order valence-corrected chi connectivity index (χ0v) is 37.8. The number of carboxylic acid groups (broad SMARTS) is 1. The number of nitrogens with one attached hydrogen (secondary N) is 1. The first kappa shape index (κ1) is 45.0. The molecule has 1 fully saturated rings. The standard InChI is InChI=1S/C48H63N7O6/c1-12-13-18-54-38-21-29(5)36(23-34(38)32(8)24-48(54,9)10)50-43-35(25-49)40(47(59)61-41-30(6)19-26(2)20-31(41)7)44-52-42(53-55(43)44)33-16-17-39(60-11)37(22-33)51-45(56)27(3)14-15-28(4)46(57)58/h16-17,21-23,26-28,30-32,41H,12-15,18-20,24H2,1-11H3,(H,51,56)(H,57,58)/b50-43+. The predicted octanol–water partition coefficient (Wildman–Crippen LogP) is 9.71. The first-order valence-electron chi connectivity index (χ1n) is 21.9. The highest BCUT2D eigenvalue weighted by atomic mass is 16.5. The molecule has 2 N–H and O–H groups in total. The molecule has 2 aromatic carbocycles. The summed E-state index contributed by atoms with van der Waals surface area (Å²) in [6.45, 7) is 21.8. The smallest absolute Gasteiger partial charge is 0.343 e. The Labute approximate surface area is 360 Å². The number of ether oxygens (including phenoxy) is 2. The van der Waals surface area contributed by atoms with Crippen LogP contribution in [-0.2, 0) is 19.1 Å². The fourth-order valence-electron chi connectivity index (χ4n) is 9.64. The summed E-state index contributed by atoms with van der Waals surface area (Å²) in [5.41, 5.74) is 4.93. The normalized spacial score (nSPS) is 23.5. The maximum atomic E-state index is 14.4. The van der Waals surface area contributed by atoms with Gasteiger partial charge in [0.2, 0.25) is 5.91 Å². The topological polar surface area (TPSA) is 172 Å². The second-order valence-corrected chi connectivity index (χ2v) is 18.6. The molecule has 0 bridgehead atoms. The van der Waals surface area contributed by atoms with Crippen molar-refractivity contribution in [2.24, 2.45) is 34.6 Å². The lowest BCUT2D eigenvalue weighted by molar-refractivity contribution is -0.150. The number of aromatic nitrogens is 3. The van der Waals surface area contributed by atoms with Crippen LogP contribution < -0.4 is 15.0 Å². The number of methoxy groups -OCH3 is 1. The summed E-state index contributed by atoms with van der Waals surface area (Å²) in [6.07, 6.45) is 5.42. The minimum atomic E-state index is -0.902. The molecule has 326 valence electrons. The summed E-state index contributed by atoms with van der Waals surface area (Å²) in [5, 5.41) is 27.9. The molecule has 2 aliphatic heterocycles. The number of anilines is 2. The minimum Gasteiger partial charge on any atom is -0.495 e. The number of hydrogen-bond donors (Lipinski definition) is 2. The number of aryl methyl sites for hydroxylation is 1. The summed E-state index contributed by atoms with van der Waals surface area (Å²) in [7, 11) is 1.50. The summed E-state index contributed by atoms with van der Waals surface area (Å²) in [5.74, 6) is -0.839. The largest absolute Gasteiger partial charge is 0.495 e. The van der Waals surface area contributed by atoms with Gasteiger partial charge in [-0.05, 0) is 124 Å². The summed E-state index contributed by atoms with van der Waals surface area (Å²) < 4.78 is 13.4. The SMILES string of the molecule is CCCCN1c2cc(C)c(/N=C3\C(C#N)=C(C(=O)OC4C(C)CC(C)CC4C)c4nc(-c5ccc(OC)c(NC(=O)C(C)CCC(C)C(=O)O)c5)nn43)cc2C(C)CC1(C)C. The molecule has 1 saturated carbocycles. The number of allylic oxidation sites excluding steroid dienone is 1. The lowest BCUT2D eigenvalue weighted by Gasteiger charge is -2.48. The molecule has 6 rings (SSSR count). The maximum absolute atomic E-state index is 14.4. The number of nitriles is 1. The van der Waals surface area contributed by atoms with Gasteiger partial charge in [-0.15, -0.1) is 5.10 Å². The monoisotopic (exact) mass is 833 g/mol. The van der Waals surface area contributed by atoms with Gasteiger partial charge in [0.25, 0.3) is 0 Å². The molecule has 1 aromatic heterocycles. The molecule has 0 radical (unpaired) electrons. The van der Waals surface area contributed by atoms with Crippen LogP contribution in [0.4, 0.5) is 17.1 Å². The van der Waals surface area contributed by atoms with Crippen molar-refractivity contribution in [1.29, 1.82) is 5.26 Å². The van der Waals surface area contributed by atoms with Gasteiger partial charge in [0.15, 0.2) is 17.5 Å². The first-order valence-corrected chi connectivity index (χ1v) is 21.9. The van der Waals surface area contributed by atoms with Crippen molar-refractivity contribution < 1.29 is 29.0 Å². The van der Waals surface area contributed by atoms with Crippen LogP contribution in [0.25, 0.3) is 17.0 Å². The van der Waals surface area contributed by atoms with Crippen LogP contribution in [0.2, 0.25) is 0 Å². The second kappa shape index (κ2) is 18.2. The average Bonchev–Trinajstić information content (AvgIpc) is 3.75. The minimum absolute atomic E-state index is 0.0146. The Bertz CT molecular complexity index is 2270. The Hall–Kier alpha value is -5.51. The molecule has 3 aliphatic rings. The Morgan fingerprint density at radius 1 is 1.07 bits per heavy atom. The van der Waals surface area contributed by atoms with Crippen molar-refractivity contribution in [2.45, 2.75) is 132 Å². The highest BCUT2D eigenvalue weighted by Gasteiger charge is 2.42. The van der Waals surface area contributed by atoms with Crippen molar-refractivity contribution in [3.8, 4) is 23.2 Å². The number of aliphatic imine (C=N–C) groups is 1. The van der Waals surface area contributed by atoms with E-state index in [1.807, 2.05) is 6.92 Å². The third kappa shape index (κ3) is 9.24. The number of carbonyl (C=O) groups excluding carboxylic acids is 2. The van der Waals surface area contributed by atoms with Crippen LogP contribution in [0.3, 0.4) is 0 Å². The van der Waals surface area contributed by atoms with Gasteiger partial charge in [-0.2, -0.15) is 9.94 Å². The van der Waals surface area contributed by atoms with Gasteiger partial charge >= 0.3 is 11.9 Å². The van der Waals surface area contributed by atoms with E-state index >= 15 is 0 Å². The van der Waals surface area contributed by atoms with E-state index in [-0.39, 0.29) is 63.9 Å². The van der Waals surface area contributed by atoms with Crippen molar-refractivity contribution in [3.63, 3.8) is 0 Å². The van der Waals surface area contributed by atoms with Crippen molar-refractivity contribution in [2.75, 3.05) is 23.9 Å². The Kier molecular flexibility index (Phi) is 13.5. The summed E-state index contributed by atoms with van der Waals surface area (Å²) in [4.78, 5) is 51.7. The average molecular weight is 834 g/mol. The molecule has 13 nitrogen and oxygen atoms in total. The molecule has 0 saturated heterocycles. The van der Waals surface area contributed by atoms with Gasteiger partial charge < -0.3 is 24.8 Å². The predicted molar refractivity (Wildman–Crippen MR) is 238 cm³/mol. The van der Waals surface area contributed by atoms with Crippen LogP contribution in [0.15, 0.2) is 40.9 Å². The number of benzene rings is 2. The molecule has 3 aromatic rings. The molecule has 1 aliphatic carbocycles. The van der Waals surface area contributed by atoms with Gasteiger partial charge in [-0.25, -0.2) is 14.8 Å². The Morgan fingerprint density at radius 2 is 1.75 bits per heavy atom. The Balaban J connectivity index is 1.43. The fourth-order valence-corrected chi connectivity index (χ4v) is 9.64. The number of carbonyl (C=O) groups is 3. The van der Waals surface area contributed by atoms with Gasteiger partial charge in [-0.1, -0.05) is 54.9 Å². The number of hydrogen-bond acceptors (Lipinski definition) is 10. The Morgan fingerprint density at radius 3 is 2.39 bits per heavy atom. The van der Waals surface area contributed by atoms with E-state index in [0.29, 0.717) is 41.4 Å². The highest BCUT2D eigenvalue weighted by Crippen LogP contribution is 2.46. The molecule has 1 amide bonds. The van der Waals surface area contributed by atoms with E-state index in [1.54, 1.807) is 32.0 Å². The van der Waals surface area contributed by atoms with E-state index in [4.69, 9.17) is 24.5 Å². The first-order chi connectivity index (χ1) is 28.9. The van der Waals surface area contributed by atoms with Gasteiger partial charge in [-0.3, -0.25) is 9.59 Å². The molecule has 5 unspecified atom stereocenters. The quantitative estimate of drug-likeness (QED) is 0.149. The maximum Gasteiger partial charge on any atom is 0.343 e. The number of rotatable bonds is 14. The summed E-state index contributed by atoms with van der Waals surface area (Å²) in [6, 6.07) is 11.8. The van der Waals surface area contributed by atoms with Gasteiger partial charge in [0.05, 0.1) is 24.4 Å². The highest BCUT2D eigenvalue weighted by molar-refractivity contribution is 6.30. The molecule has 61 heavy (non-hydrogen) atoms. The van der Waals surface area contributed by atoms with Crippen molar-refractivity contribution in [1.82, 2.24) is 14.8 Å². The van der Waals surface area contributed by atoms with E-state index in [9.17, 15) is 24.8 Å². The van der Waals surface area contributed by atoms with E-state index < -0.39 is 23.8 Å². The molecule has 3 heterocycles. The van der Waals surface area contributed by atoms with Gasteiger partial charge in [0.1, 0.15) is 29.1 Å². The third-order valence-corrected chi connectivity index (χ3v) is 13.0. The van der Waals surface area contributed by atoms with Crippen LogP contribution in [0, 0.1) is 47.8 Å². The number of unbranched alkanes of at least 4 members (excludes halogenated alkanes) is 1. The lowest BCUT2D eigenvalue weighted by atomic mass is 9.75. The zero-order valence-electron chi connectivity index (χ0n) is 37.8. The number of amides is 1. The number of carboxylic acids is 1. The fraction of sp³-hybridized carbons (Fsp3) is 0.562. The van der Waals surface area contributed by atoms with E-state index in [0.717, 1.165) is 44.2 Å². The zero-order chi connectivity index (χ0) is 44.5. The van der Waals surface area contributed by atoms with Crippen LogP contribution in [0.1, 0.15) is 130 Å². The molecule has 0 spiro atoms. The number of aliphatic carboxylic acids is 1. The number of fused-ring (bicyclic) bond motifs is 2. The molecular weight excluding hydrogens is 771 g/mol. The van der Waals surface area contributed by atoms with Crippen LogP contribution in [-0.4, -0.2) is 68.8 Å². The lowest BCUT2D eigenvalue weighted by Crippen LogP contribution is -2.48. The third-order valence-electron chi connectivity index (χ3n) is 13.0. The number of esters is 1. The van der Waals surface area contributed by atoms with E-state index in [1.165, 1.54) is 23.0 Å². The van der Waals surface area contributed by atoms with Gasteiger partial charge in [0, 0.05) is 29.3 Å². The van der Waals surface area contributed by atoms with Crippen LogP contribution >= 0.6 is 0 Å². The second-order valence-electron chi connectivity index (χ2n) is 18.6. The molecule has 13 heteroatoms. The number of nitrogens with zero attached hydrogens (tertiary/aromatic N) is 6. The van der Waals surface area contributed by atoms with Crippen LogP contribution in [0.5, 0.6) is 5.75 Å². The summed E-state index contributed by atoms with van der Waals surface area (Å²) >= 11 is 0. The van der Waals surface area contributed by atoms with Crippen molar-refractivity contribution >= 4 is 46.3 Å². The molecular formula is C48H63N7O6. The van der Waals surface area contributed by atoms with Crippen molar-refractivity contribution in [3.05, 3.63) is 52.9 Å². The molecule has 5 atom stereocenters. The van der Waals surface area contributed by atoms with E-state index in [2.05, 4.69) is 76.9 Å².